The number of phenols is 1. The Labute approximate surface area is 226 Å². The molecule has 0 spiro atoms. The van der Waals surface area contributed by atoms with Crippen molar-refractivity contribution in [3.8, 4) is 5.75 Å². The van der Waals surface area contributed by atoms with Crippen LogP contribution in [-0.4, -0.2) is 46.7 Å². The van der Waals surface area contributed by atoms with Gasteiger partial charge >= 0.3 is 6.09 Å². The minimum Gasteiger partial charge on any atom is -0.508 e. The Kier molecular flexibility index (Phi) is 10.7. The molecule has 8 heteroatoms. The number of phenolic OH excluding ortho intramolecular Hbond substituents is 1. The van der Waals surface area contributed by atoms with E-state index in [2.05, 4.69) is 16.0 Å². The number of alkyl carbamates (subject to hydrolysis) is 1. The number of aryl methyl sites for hydroxylation is 3. The molecule has 38 heavy (non-hydrogen) atoms. The number of hydrogen-bond acceptors (Lipinski definition) is 5. The maximum Gasteiger partial charge on any atom is 0.408 e. The monoisotopic (exact) mass is 525 g/mol. The Balaban J connectivity index is 2.14. The van der Waals surface area contributed by atoms with E-state index in [1.165, 1.54) is 5.56 Å². The maximum absolute atomic E-state index is 13.5. The van der Waals surface area contributed by atoms with Crippen LogP contribution < -0.4 is 16.0 Å². The number of benzene rings is 2. The molecule has 4 N–H and O–H groups in total. The predicted molar refractivity (Wildman–Crippen MR) is 149 cm³/mol. The molecule has 208 valence electrons. The zero-order valence-corrected chi connectivity index (χ0v) is 23.7. The van der Waals surface area contributed by atoms with Gasteiger partial charge in [0, 0.05) is 13.0 Å². The van der Waals surface area contributed by atoms with Gasteiger partial charge in [0.25, 0.3) is 0 Å². The maximum atomic E-state index is 13.5. The molecule has 0 aliphatic carbocycles. The van der Waals surface area contributed by atoms with Crippen molar-refractivity contribution in [2.75, 3.05) is 6.54 Å². The zero-order valence-electron chi connectivity index (χ0n) is 23.7. The molecule has 0 saturated carbocycles. The van der Waals surface area contributed by atoms with Gasteiger partial charge in [-0.05, 0) is 95.2 Å². The fourth-order valence-corrected chi connectivity index (χ4v) is 4.15. The summed E-state index contributed by atoms with van der Waals surface area (Å²) < 4.78 is 5.39. The normalized spacial score (nSPS) is 13.7. The van der Waals surface area contributed by atoms with Crippen molar-refractivity contribution in [2.24, 2.45) is 0 Å². The number of nitrogens with one attached hydrogen (secondary N) is 3. The Morgan fingerprint density at radius 2 is 1.61 bits per heavy atom. The van der Waals surface area contributed by atoms with Crippen LogP contribution in [0.3, 0.4) is 0 Å². The van der Waals surface area contributed by atoms with Crippen LogP contribution in [-0.2, 0) is 27.2 Å². The van der Waals surface area contributed by atoms with Gasteiger partial charge in [-0.2, -0.15) is 0 Å². The number of carbonyl (C=O) groups excluding carboxylic acids is 3. The van der Waals surface area contributed by atoms with E-state index in [9.17, 15) is 19.5 Å². The van der Waals surface area contributed by atoms with E-state index in [1.807, 2.05) is 51.1 Å². The zero-order chi connectivity index (χ0) is 28.5. The molecule has 0 heterocycles. The van der Waals surface area contributed by atoms with Gasteiger partial charge in [-0.25, -0.2) is 4.79 Å². The van der Waals surface area contributed by atoms with Crippen LogP contribution >= 0.6 is 0 Å². The van der Waals surface area contributed by atoms with Crippen molar-refractivity contribution < 1.29 is 24.2 Å². The lowest BCUT2D eigenvalue weighted by atomic mass is 9.93. The molecule has 2 aromatic carbocycles. The van der Waals surface area contributed by atoms with Crippen LogP contribution in [0.25, 0.3) is 0 Å². The summed E-state index contributed by atoms with van der Waals surface area (Å²) in [4.78, 5) is 39.3. The third-order valence-electron chi connectivity index (χ3n) is 6.47. The molecule has 0 saturated heterocycles. The molecule has 2 atom stereocenters. The molecular weight excluding hydrogens is 482 g/mol. The van der Waals surface area contributed by atoms with Crippen molar-refractivity contribution in [3.63, 3.8) is 0 Å². The summed E-state index contributed by atoms with van der Waals surface area (Å²) in [7, 11) is 0. The summed E-state index contributed by atoms with van der Waals surface area (Å²) >= 11 is 0. The molecular formula is C30H43N3O5. The van der Waals surface area contributed by atoms with Crippen molar-refractivity contribution >= 4 is 17.9 Å². The molecule has 0 aliphatic heterocycles. The Morgan fingerprint density at radius 3 is 2.16 bits per heavy atom. The molecule has 2 rings (SSSR count). The van der Waals surface area contributed by atoms with Gasteiger partial charge in [0.15, 0.2) is 0 Å². The van der Waals surface area contributed by atoms with Gasteiger partial charge < -0.3 is 25.8 Å². The largest absolute Gasteiger partial charge is 0.508 e. The van der Waals surface area contributed by atoms with Crippen molar-refractivity contribution in [3.05, 3.63) is 64.7 Å². The molecule has 0 unspecified atom stereocenters. The first-order valence-corrected chi connectivity index (χ1v) is 13.2. The number of aromatic hydroxyl groups is 1. The van der Waals surface area contributed by atoms with E-state index >= 15 is 0 Å². The molecule has 0 aromatic heterocycles. The topological polar surface area (TPSA) is 117 Å². The number of hydrogen-bond donors (Lipinski definition) is 4. The molecule has 0 radical (unpaired) electrons. The summed E-state index contributed by atoms with van der Waals surface area (Å²) in [5.74, 6) is -0.645. The highest BCUT2D eigenvalue weighted by Gasteiger charge is 2.36. The smallest absolute Gasteiger partial charge is 0.408 e. The van der Waals surface area contributed by atoms with Gasteiger partial charge in [0.1, 0.15) is 22.9 Å². The third kappa shape index (κ3) is 9.39. The van der Waals surface area contributed by atoms with Crippen LogP contribution in [0, 0.1) is 13.8 Å². The highest BCUT2D eigenvalue weighted by Crippen LogP contribution is 2.23. The van der Waals surface area contributed by atoms with Crippen LogP contribution in [0.2, 0.25) is 0 Å². The van der Waals surface area contributed by atoms with Crippen molar-refractivity contribution in [1.29, 1.82) is 0 Å². The number of amides is 3. The Morgan fingerprint density at radius 1 is 1.00 bits per heavy atom. The fourth-order valence-electron chi connectivity index (χ4n) is 4.15. The molecule has 3 amide bonds. The highest BCUT2D eigenvalue weighted by molar-refractivity contribution is 5.94. The number of rotatable bonds is 11. The number of ether oxygens (including phenoxy) is 1. The summed E-state index contributed by atoms with van der Waals surface area (Å²) in [6.45, 7) is 12.9. The summed E-state index contributed by atoms with van der Waals surface area (Å²) in [6.07, 6.45) is 1.41. The van der Waals surface area contributed by atoms with Crippen LogP contribution in [0.15, 0.2) is 42.5 Å². The van der Waals surface area contributed by atoms with Crippen LogP contribution in [0.1, 0.15) is 69.7 Å². The standard InChI is InChI=1S/C30H43N3O5/c1-8-30(7,27(36)31-16-12-15-22-13-10-9-11-14-22)33-26(35)25(32-28(37)38-29(4,5)6)19-24-20(2)17-23(34)18-21(24)3/h9-11,13-14,17-18,25,34H,8,12,15-16,19H2,1-7H3,(H,31,36)(H,32,37)(H,33,35)/t25-,30-/m0/s1. The number of carbonyl (C=O) groups is 3. The first-order chi connectivity index (χ1) is 17.7. The average molecular weight is 526 g/mol. The van der Waals surface area contributed by atoms with E-state index in [0.717, 1.165) is 29.5 Å². The van der Waals surface area contributed by atoms with Gasteiger partial charge in [-0.15, -0.1) is 0 Å². The Hall–Kier alpha value is -3.55. The van der Waals surface area contributed by atoms with Crippen molar-refractivity contribution in [1.82, 2.24) is 16.0 Å². The van der Waals surface area contributed by atoms with Gasteiger partial charge in [-0.1, -0.05) is 37.3 Å². The first kappa shape index (κ1) is 30.7. The second kappa shape index (κ2) is 13.3. The van der Waals surface area contributed by atoms with E-state index in [0.29, 0.717) is 13.0 Å². The second-order valence-corrected chi connectivity index (χ2v) is 11.0. The predicted octanol–water partition coefficient (Wildman–Crippen LogP) is 4.48. The minimum atomic E-state index is -1.17. The summed E-state index contributed by atoms with van der Waals surface area (Å²) in [5, 5.41) is 18.4. The second-order valence-electron chi connectivity index (χ2n) is 11.0. The summed E-state index contributed by atoms with van der Waals surface area (Å²) in [5.41, 5.74) is 1.69. The molecule has 2 aromatic rings. The molecule has 8 nitrogen and oxygen atoms in total. The van der Waals surface area contributed by atoms with E-state index in [1.54, 1.807) is 39.8 Å². The van der Waals surface area contributed by atoms with E-state index in [-0.39, 0.29) is 18.1 Å². The first-order valence-electron chi connectivity index (χ1n) is 13.2. The van der Waals surface area contributed by atoms with Gasteiger partial charge in [-0.3, -0.25) is 9.59 Å². The lowest BCUT2D eigenvalue weighted by molar-refractivity contribution is -0.134. The summed E-state index contributed by atoms with van der Waals surface area (Å²) in [6, 6.07) is 12.3. The van der Waals surface area contributed by atoms with Crippen molar-refractivity contribution in [2.45, 2.75) is 91.3 Å². The SMILES string of the molecule is CC[C@](C)(NC(=O)[C@H](Cc1c(C)cc(O)cc1C)NC(=O)OC(C)(C)C)C(=O)NCCCc1ccccc1. The third-order valence-corrected chi connectivity index (χ3v) is 6.47. The average Bonchev–Trinajstić information content (AvgIpc) is 2.82. The lowest BCUT2D eigenvalue weighted by Crippen LogP contribution is -2.61. The minimum absolute atomic E-state index is 0.132. The lowest BCUT2D eigenvalue weighted by Gasteiger charge is -2.31. The fraction of sp³-hybridized carbons (Fsp3) is 0.500. The highest BCUT2D eigenvalue weighted by atomic mass is 16.6. The molecule has 0 aliphatic rings. The molecule has 0 fully saturated rings. The van der Waals surface area contributed by atoms with Crippen LogP contribution in [0.4, 0.5) is 4.79 Å². The van der Waals surface area contributed by atoms with Crippen LogP contribution in [0.5, 0.6) is 5.75 Å². The molecule has 0 bridgehead atoms. The Bertz CT molecular complexity index is 1090. The van der Waals surface area contributed by atoms with E-state index in [4.69, 9.17) is 4.74 Å². The quantitative estimate of drug-likeness (QED) is 0.323. The van der Waals surface area contributed by atoms with Gasteiger partial charge in [0.05, 0.1) is 0 Å². The van der Waals surface area contributed by atoms with E-state index < -0.39 is 29.2 Å². The van der Waals surface area contributed by atoms with Gasteiger partial charge in [0.2, 0.25) is 11.8 Å².